The Morgan fingerprint density at radius 3 is 2.50 bits per heavy atom. The summed E-state index contributed by atoms with van der Waals surface area (Å²) in [4.78, 5) is 2.20. The fourth-order valence-electron chi connectivity index (χ4n) is 2.16. The Kier molecular flexibility index (Phi) is 6.13. The number of hydrogen-bond acceptors (Lipinski definition) is 2. The largest absolute Gasteiger partial charge is 0.369 e. The van der Waals surface area contributed by atoms with E-state index in [2.05, 4.69) is 44.0 Å². The Labute approximate surface area is 110 Å². The molecule has 0 unspecified atom stereocenters. The van der Waals surface area contributed by atoms with Gasteiger partial charge in [0.15, 0.2) is 0 Å². The number of anilines is 1. The van der Waals surface area contributed by atoms with Crippen LogP contribution < -0.4 is 10.2 Å². The van der Waals surface area contributed by atoms with Crippen LogP contribution in [-0.4, -0.2) is 19.1 Å². The number of nitrogens with zero attached hydrogens (tertiary/aromatic N) is 1. The molecule has 1 N–H and O–H groups in total. The summed E-state index contributed by atoms with van der Waals surface area (Å²) in [6, 6.07) is 5.69. The smallest absolute Gasteiger partial charge is 0.125 e. The van der Waals surface area contributed by atoms with Gasteiger partial charge in [-0.25, -0.2) is 4.39 Å². The van der Waals surface area contributed by atoms with Gasteiger partial charge >= 0.3 is 0 Å². The summed E-state index contributed by atoms with van der Waals surface area (Å²) >= 11 is 0. The average molecular weight is 252 g/mol. The van der Waals surface area contributed by atoms with Gasteiger partial charge in [0.1, 0.15) is 5.82 Å². The zero-order valence-corrected chi connectivity index (χ0v) is 12.0. The lowest BCUT2D eigenvalue weighted by Gasteiger charge is -2.28. The van der Waals surface area contributed by atoms with Gasteiger partial charge in [0.25, 0.3) is 0 Å². The first-order chi connectivity index (χ1) is 8.58. The van der Waals surface area contributed by atoms with E-state index in [9.17, 15) is 4.39 Å². The van der Waals surface area contributed by atoms with E-state index < -0.39 is 0 Å². The maximum Gasteiger partial charge on any atom is 0.125 e. The molecule has 0 aliphatic heterocycles. The third-order valence-corrected chi connectivity index (χ3v) is 2.99. The van der Waals surface area contributed by atoms with E-state index in [1.807, 2.05) is 0 Å². The first-order valence-electron chi connectivity index (χ1n) is 6.85. The summed E-state index contributed by atoms with van der Waals surface area (Å²) in [5.41, 5.74) is 1.98. The van der Waals surface area contributed by atoms with Crippen LogP contribution in [0.2, 0.25) is 0 Å². The third-order valence-electron chi connectivity index (χ3n) is 2.99. The van der Waals surface area contributed by atoms with Crippen molar-refractivity contribution in [2.24, 2.45) is 0 Å². The number of hydrogen-bond donors (Lipinski definition) is 1. The Morgan fingerprint density at radius 1 is 1.22 bits per heavy atom. The topological polar surface area (TPSA) is 15.3 Å². The van der Waals surface area contributed by atoms with Crippen molar-refractivity contribution in [2.75, 3.05) is 18.0 Å². The molecule has 0 spiro atoms. The molecule has 0 saturated carbocycles. The number of nitrogens with one attached hydrogen (secondary N) is 1. The van der Waals surface area contributed by atoms with Crippen molar-refractivity contribution in [1.29, 1.82) is 0 Å². The van der Waals surface area contributed by atoms with Crippen molar-refractivity contribution >= 4 is 5.69 Å². The van der Waals surface area contributed by atoms with Gasteiger partial charge in [0, 0.05) is 24.8 Å². The lowest BCUT2D eigenvalue weighted by atomic mass is 10.1. The van der Waals surface area contributed by atoms with E-state index in [1.54, 1.807) is 12.1 Å². The SMILES string of the molecule is CCCNCc1cc(F)cc(N(CC)C(C)C)c1. The molecule has 0 aliphatic carbocycles. The minimum absolute atomic E-state index is 0.153. The molecule has 1 rings (SSSR count). The highest BCUT2D eigenvalue weighted by Crippen LogP contribution is 2.20. The summed E-state index contributed by atoms with van der Waals surface area (Å²) in [5, 5.41) is 3.31. The summed E-state index contributed by atoms with van der Waals surface area (Å²) in [7, 11) is 0. The van der Waals surface area contributed by atoms with Crippen LogP contribution >= 0.6 is 0 Å². The molecular weight excluding hydrogens is 227 g/mol. The quantitative estimate of drug-likeness (QED) is 0.746. The normalized spacial score (nSPS) is 11.0. The van der Waals surface area contributed by atoms with Crippen LogP contribution in [0.3, 0.4) is 0 Å². The minimum Gasteiger partial charge on any atom is -0.369 e. The number of rotatable bonds is 7. The van der Waals surface area contributed by atoms with Gasteiger partial charge in [0.05, 0.1) is 0 Å². The molecule has 1 aromatic carbocycles. The second-order valence-electron chi connectivity index (χ2n) is 4.87. The van der Waals surface area contributed by atoms with Crippen molar-refractivity contribution in [1.82, 2.24) is 5.32 Å². The number of halogens is 1. The Hall–Kier alpha value is -1.09. The standard InChI is InChI=1S/C15H25FN2/c1-5-7-17-11-13-8-14(16)10-15(9-13)18(6-2)12(3)4/h8-10,12,17H,5-7,11H2,1-4H3. The molecule has 0 bridgehead atoms. The minimum atomic E-state index is -0.153. The first kappa shape index (κ1) is 15.0. The summed E-state index contributed by atoms with van der Waals surface area (Å²) in [6.45, 7) is 11.1. The summed E-state index contributed by atoms with van der Waals surface area (Å²) < 4.78 is 13.6. The van der Waals surface area contributed by atoms with E-state index in [1.165, 1.54) is 0 Å². The van der Waals surface area contributed by atoms with Crippen molar-refractivity contribution in [3.05, 3.63) is 29.6 Å². The molecule has 102 valence electrons. The lowest BCUT2D eigenvalue weighted by Crippen LogP contribution is -2.30. The predicted molar refractivity (Wildman–Crippen MR) is 76.6 cm³/mol. The Balaban J connectivity index is 2.85. The van der Waals surface area contributed by atoms with Gasteiger partial charge in [-0.05, 0) is 57.5 Å². The number of benzene rings is 1. The molecule has 3 heteroatoms. The molecule has 2 nitrogen and oxygen atoms in total. The molecule has 18 heavy (non-hydrogen) atoms. The van der Waals surface area contributed by atoms with E-state index in [0.29, 0.717) is 6.04 Å². The summed E-state index contributed by atoms with van der Waals surface area (Å²) in [6.07, 6.45) is 1.09. The van der Waals surface area contributed by atoms with Gasteiger partial charge in [-0.15, -0.1) is 0 Å². The predicted octanol–water partition coefficient (Wildman–Crippen LogP) is 3.56. The van der Waals surface area contributed by atoms with Crippen LogP contribution in [0.4, 0.5) is 10.1 Å². The van der Waals surface area contributed by atoms with Crippen molar-refractivity contribution in [3.63, 3.8) is 0 Å². The molecule has 1 aromatic rings. The molecule has 0 aliphatic rings. The van der Waals surface area contributed by atoms with Crippen LogP contribution in [0.15, 0.2) is 18.2 Å². The molecule has 0 fully saturated rings. The van der Waals surface area contributed by atoms with Gasteiger partial charge in [0.2, 0.25) is 0 Å². The molecule has 0 aromatic heterocycles. The summed E-state index contributed by atoms with van der Waals surface area (Å²) in [5.74, 6) is -0.153. The Bertz CT molecular complexity index is 364. The maximum atomic E-state index is 13.6. The zero-order valence-electron chi connectivity index (χ0n) is 12.0. The highest BCUT2D eigenvalue weighted by Gasteiger charge is 2.10. The van der Waals surface area contributed by atoms with Gasteiger partial charge < -0.3 is 10.2 Å². The maximum absolute atomic E-state index is 13.6. The van der Waals surface area contributed by atoms with Crippen molar-refractivity contribution < 1.29 is 4.39 Å². The van der Waals surface area contributed by atoms with E-state index in [4.69, 9.17) is 0 Å². The molecule has 0 radical (unpaired) electrons. The second kappa shape index (κ2) is 7.37. The first-order valence-corrected chi connectivity index (χ1v) is 6.85. The van der Waals surface area contributed by atoms with E-state index >= 15 is 0 Å². The molecule has 0 saturated heterocycles. The lowest BCUT2D eigenvalue weighted by molar-refractivity contribution is 0.615. The van der Waals surface area contributed by atoms with Crippen LogP contribution in [0.1, 0.15) is 39.7 Å². The third kappa shape index (κ3) is 4.30. The van der Waals surface area contributed by atoms with E-state index in [-0.39, 0.29) is 5.82 Å². The van der Waals surface area contributed by atoms with Gasteiger partial charge in [-0.1, -0.05) is 6.92 Å². The molecule has 0 heterocycles. The van der Waals surface area contributed by atoms with Gasteiger partial charge in [-0.2, -0.15) is 0 Å². The van der Waals surface area contributed by atoms with Crippen molar-refractivity contribution in [2.45, 2.75) is 46.7 Å². The van der Waals surface area contributed by atoms with Crippen molar-refractivity contribution in [3.8, 4) is 0 Å². The highest BCUT2D eigenvalue weighted by atomic mass is 19.1. The molecule has 0 atom stereocenters. The second-order valence-corrected chi connectivity index (χ2v) is 4.87. The van der Waals surface area contributed by atoms with Crippen LogP contribution in [0.5, 0.6) is 0 Å². The molecular formula is C15H25FN2. The van der Waals surface area contributed by atoms with Crippen LogP contribution in [0.25, 0.3) is 0 Å². The van der Waals surface area contributed by atoms with Crippen LogP contribution in [-0.2, 0) is 6.54 Å². The van der Waals surface area contributed by atoms with Crippen LogP contribution in [0, 0.1) is 5.82 Å². The Morgan fingerprint density at radius 2 is 1.94 bits per heavy atom. The average Bonchev–Trinajstić information content (AvgIpc) is 2.29. The fraction of sp³-hybridized carbons (Fsp3) is 0.600. The molecule has 0 amide bonds. The van der Waals surface area contributed by atoms with Gasteiger partial charge in [-0.3, -0.25) is 0 Å². The monoisotopic (exact) mass is 252 g/mol. The highest BCUT2D eigenvalue weighted by molar-refractivity contribution is 5.49. The fourth-order valence-corrected chi connectivity index (χ4v) is 2.16. The van der Waals surface area contributed by atoms with E-state index in [0.717, 1.165) is 37.3 Å². The zero-order chi connectivity index (χ0) is 13.5.